The summed E-state index contributed by atoms with van der Waals surface area (Å²) in [5.41, 5.74) is -0.462. The van der Waals surface area contributed by atoms with Gasteiger partial charge in [0.2, 0.25) is 0 Å². The van der Waals surface area contributed by atoms with E-state index in [-0.39, 0.29) is 5.69 Å². The van der Waals surface area contributed by atoms with Gasteiger partial charge in [0, 0.05) is 16.7 Å². The quantitative estimate of drug-likeness (QED) is 0.758. The molecule has 0 saturated heterocycles. The first-order valence-electron chi connectivity index (χ1n) is 4.81. The summed E-state index contributed by atoms with van der Waals surface area (Å²) in [6.07, 6.45) is -3.08. The summed E-state index contributed by atoms with van der Waals surface area (Å²) in [6.45, 7) is 0. The third-order valence-corrected chi connectivity index (χ3v) is 2.66. The Morgan fingerprint density at radius 1 is 1.00 bits per heavy atom. The summed E-state index contributed by atoms with van der Waals surface area (Å²) in [5, 5.41) is 0. The monoisotopic (exact) mass is 255 g/mol. The molecule has 5 heteroatoms. The van der Waals surface area contributed by atoms with Crippen LogP contribution in [0.25, 0.3) is 11.3 Å². The topological polar surface area (TPSA) is 12.9 Å². The number of pyridine rings is 1. The van der Waals surface area contributed by atoms with Crippen LogP contribution in [0.15, 0.2) is 47.5 Å². The number of nitrogens with zero attached hydrogens (tertiary/aromatic N) is 1. The number of alkyl halides is 3. The molecule has 0 aliphatic rings. The van der Waals surface area contributed by atoms with Gasteiger partial charge in [-0.1, -0.05) is 18.2 Å². The average molecular weight is 255 g/mol. The molecule has 1 aromatic carbocycles. The van der Waals surface area contributed by atoms with Crippen molar-refractivity contribution in [3.63, 3.8) is 0 Å². The zero-order valence-corrected chi connectivity index (χ0v) is 9.46. The van der Waals surface area contributed by atoms with Crippen LogP contribution in [0.4, 0.5) is 13.2 Å². The molecule has 0 amide bonds. The lowest BCUT2D eigenvalue weighted by molar-refractivity contribution is -0.137. The van der Waals surface area contributed by atoms with Crippen molar-refractivity contribution in [1.82, 2.24) is 4.98 Å². The van der Waals surface area contributed by atoms with E-state index < -0.39 is 11.7 Å². The zero-order chi connectivity index (χ0) is 12.5. The third-order valence-electron chi connectivity index (χ3n) is 2.27. The predicted octanol–water partition coefficient (Wildman–Crippen LogP) is 4.06. The van der Waals surface area contributed by atoms with Gasteiger partial charge in [-0.15, -0.1) is 12.6 Å². The van der Waals surface area contributed by atoms with Gasteiger partial charge in [0.25, 0.3) is 0 Å². The molecule has 88 valence electrons. The fourth-order valence-electron chi connectivity index (χ4n) is 1.52. The van der Waals surface area contributed by atoms with Gasteiger partial charge >= 0.3 is 6.18 Å². The van der Waals surface area contributed by atoms with Crippen LogP contribution in [-0.4, -0.2) is 4.98 Å². The molecule has 0 saturated carbocycles. The van der Waals surface area contributed by atoms with Crippen LogP contribution in [0.1, 0.15) is 5.56 Å². The minimum atomic E-state index is -4.42. The summed E-state index contributed by atoms with van der Waals surface area (Å²) >= 11 is 4.14. The van der Waals surface area contributed by atoms with Crippen molar-refractivity contribution in [3.05, 3.63) is 48.2 Å². The third kappa shape index (κ3) is 2.44. The highest BCUT2D eigenvalue weighted by molar-refractivity contribution is 7.80. The molecular formula is C12H8F3NS. The Kier molecular flexibility index (Phi) is 3.11. The number of aromatic nitrogens is 1. The lowest BCUT2D eigenvalue weighted by atomic mass is 10.1. The van der Waals surface area contributed by atoms with Crippen LogP contribution in [0, 0.1) is 0 Å². The molecule has 0 bridgehead atoms. The molecule has 0 radical (unpaired) electrons. The van der Waals surface area contributed by atoms with Crippen molar-refractivity contribution < 1.29 is 13.2 Å². The molecule has 1 nitrogen and oxygen atoms in total. The molecule has 1 aromatic heterocycles. The average Bonchev–Trinajstić information content (AvgIpc) is 2.28. The van der Waals surface area contributed by atoms with Gasteiger partial charge < -0.3 is 0 Å². The van der Waals surface area contributed by atoms with E-state index >= 15 is 0 Å². The maximum atomic E-state index is 12.8. The summed E-state index contributed by atoms with van der Waals surface area (Å²) in [6, 6.07) is 8.86. The maximum absolute atomic E-state index is 12.8. The second-order valence-corrected chi connectivity index (χ2v) is 3.90. The first kappa shape index (κ1) is 12.0. The van der Waals surface area contributed by atoms with Crippen LogP contribution >= 0.6 is 12.6 Å². The van der Waals surface area contributed by atoms with Gasteiger partial charge in [-0.2, -0.15) is 13.2 Å². The van der Waals surface area contributed by atoms with Gasteiger partial charge in [0.05, 0.1) is 11.3 Å². The lowest BCUT2D eigenvalue weighted by Gasteiger charge is -2.12. The Balaban J connectivity index is 2.65. The van der Waals surface area contributed by atoms with Crippen LogP contribution in [0.5, 0.6) is 0 Å². The minimum Gasteiger partial charge on any atom is -0.256 e. The lowest BCUT2D eigenvalue weighted by Crippen LogP contribution is -2.08. The number of halogens is 3. The van der Waals surface area contributed by atoms with Crippen LogP contribution < -0.4 is 0 Å². The normalized spacial score (nSPS) is 11.5. The molecular weight excluding hydrogens is 247 g/mol. The molecule has 0 N–H and O–H groups in total. The summed E-state index contributed by atoms with van der Waals surface area (Å²) in [4.78, 5) is 4.28. The fourth-order valence-corrected chi connectivity index (χ4v) is 1.79. The maximum Gasteiger partial charge on any atom is 0.418 e. The van der Waals surface area contributed by atoms with Crippen molar-refractivity contribution in [3.8, 4) is 11.3 Å². The summed E-state index contributed by atoms with van der Waals surface area (Å²) < 4.78 is 38.4. The number of rotatable bonds is 1. The van der Waals surface area contributed by atoms with E-state index in [1.165, 1.54) is 12.3 Å². The van der Waals surface area contributed by atoms with Gasteiger partial charge in [-0.3, -0.25) is 4.98 Å². The summed E-state index contributed by atoms with van der Waals surface area (Å²) in [5.74, 6) is 0. The number of hydrogen-bond acceptors (Lipinski definition) is 2. The first-order chi connectivity index (χ1) is 8.00. The molecule has 0 atom stereocenters. The molecule has 1 heterocycles. The van der Waals surface area contributed by atoms with E-state index in [2.05, 4.69) is 17.6 Å². The van der Waals surface area contributed by atoms with Gasteiger partial charge in [-0.25, -0.2) is 0 Å². The van der Waals surface area contributed by atoms with Crippen molar-refractivity contribution in [2.75, 3.05) is 0 Å². The van der Waals surface area contributed by atoms with Gasteiger partial charge in [0.1, 0.15) is 0 Å². The molecule has 0 aliphatic carbocycles. The number of thiol groups is 1. The molecule has 2 aromatic rings. The van der Waals surface area contributed by atoms with Crippen molar-refractivity contribution in [1.29, 1.82) is 0 Å². The highest BCUT2D eigenvalue weighted by atomic mass is 32.1. The van der Waals surface area contributed by atoms with E-state index in [1.54, 1.807) is 24.3 Å². The van der Waals surface area contributed by atoms with E-state index in [1.807, 2.05) is 0 Å². The molecule has 0 spiro atoms. The van der Waals surface area contributed by atoms with Crippen molar-refractivity contribution >= 4 is 12.6 Å². The second-order valence-electron chi connectivity index (χ2n) is 3.41. The van der Waals surface area contributed by atoms with Gasteiger partial charge in [-0.05, 0) is 18.2 Å². The van der Waals surface area contributed by atoms with E-state index in [9.17, 15) is 13.2 Å². The Morgan fingerprint density at radius 3 is 2.35 bits per heavy atom. The molecule has 2 rings (SSSR count). The van der Waals surface area contributed by atoms with Crippen molar-refractivity contribution in [2.45, 2.75) is 11.1 Å². The Bertz CT molecular complexity index is 537. The van der Waals surface area contributed by atoms with Crippen molar-refractivity contribution in [2.24, 2.45) is 0 Å². The number of benzene rings is 1. The molecule has 0 aliphatic heterocycles. The smallest absolute Gasteiger partial charge is 0.256 e. The zero-order valence-electron chi connectivity index (χ0n) is 8.57. The Hall–Kier alpha value is -1.49. The fraction of sp³-hybridized carbons (Fsp3) is 0.0833. The minimum absolute atomic E-state index is 0.0920. The van der Waals surface area contributed by atoms with E-state index in [0.717, 1.165) is 6.07 Å². The van der Waals surface area contributed by atoms with Crippen LogP contribution in [0.2, 0.25) is 0 Å². The first-order valence-corrected chi connectivity index (χ1v) is 5.25. The highest BCUT2D eigenvalue weighted by Crippen LogP contribution is 2.37. The predicted molar refractivity (Wildman–Crippen MR) is 61.9 cm³/mol. The molecule has 0 fully saturated rings. The standard InChI is InChI=1S/C12H8F3NS/c13-12(14,15)9-5-3-7-16-11(9)8-4-1-2-6-10(8)17/h1-7,17H. The number of hydrogen-bond donors (Lipinski definition) is 1. The van der Waals surface area contributed by atoms with Crippen LogP contribution in [-0.2, 0) is 6.18 Å². The Labute approximate surface area is 102 Å². The van der Waals surface area contributed by atoms with Crippen LogP contribution in [0.3, 0.4) is 0 Å². The molecule has 0 unspecified atom stereocenters. The van der Waals surface area contributed by atoms with Gasteiger partial charge in [0.15, 0.2) is 0 Å². The second kappa shape index (κ2) is 4.41. The SMILES string of the molecule is FC(F)(F)c1cccnc1-c1ccccc1S. The largest absolute Gasteiger partial charge is 0.418 e. The van der Waals surface area contributed by atoms with E-state index in [4.69, 9.17) is 0 Å². The molecule has 17 heavy (non-hydrogen) atoms. The van der Waals surface area contributed by atoms with E-state index in [0.29, 0.717) is 10.5 Å². The Morgan fingerprint density at radius 2 is 1.71 bits per heavy atom. The highest BCUT2D eigenvalue weighted by Gasteiger charge is 2.34. The summed E-state index contributed by atoms with van der Waals surface area (Å²) in [7, 11) is 0.